The minimum Gasteiger partial charge on any atom is -0.493 e. The summed E-state index contributed by atoms with van der Waals surface area (Å²) in [6, 6.07) is 9.39. The van der Waals surface area contributed by atoms with E-state index in [2.05, 4.69) is 28.2 Å². The largest absolute Gasteiger partial charge is 0.493 e. The van der Waals surface area contributed by atoms with Gasteiger partial charge < -0.3 is 14.8 Å². The van der Waals surface area contributed by atoms with Crippen molar-refractivity contribution in [1.82, 2.24) is 5.32 Å². The van der Waals surface area contributed by atoms with Crippen molar-refractivity contribution >= 4 is 33.2 Å². The van der Waals surface area contributed by atoms with Crippen LogP contribution in [0.1, 0.15) is 35.0 Å². The Morgan fingerprint density at radius 2 is 2.09 bits per heavy atom. The molecular formula is C17H20BrNO3S. The van der Waals surface area contributed by atoms with Crippen molar-refractivity contribution < 1.29 is 14.3 Å². The van der Waals surface area contributed by atoms with E-state index in [-0.39, 0.29) is 5.91 Å². The molecule has 2 aromatic rings. The number of ether oxygens (including phenoxy) is 2. The fourth-order valence-corrected chi connectivity index (χ4v) is 3.28. The summed E-state index contributed by atoms with van der Waals surface area (Å²) in [6.45, 7) is 3.24. The zero-order valence-corrected chi connectivity index (χ0v) is 15.6. The maximum Gasteiger partial charge on any atom is 0.261 e. The molecule has 4 nitrogen and oxygen atoms in total. The second kappa shape index (κ2) is 8.93. The summed E-state index contributed by atoms with van der Waals surface area (Å²) in [5.74, 6) is 1.34. The first-order chi connectivity index (χ1) is 11.1. The predicted octanol–water partition coefficient (Wildman–Crippen LogP) is 4.63. The van der Waals surface area contributed by atoms with Crippen LogP contribution >= 0.6 is 27.3 Å². The zero-order chi connectivity index (χ0) is 16.7. The van der Waals surface area contributed by atoms with Gasteiger partial charge in [-0.1, -0.05) is 19.4 Å². The molecule has 23 heavy (non-hydrogen) atoms. The first-order valence-electron chi connectivity index (χ1n) is 7.47. The second-order valence-corrected chi connectivity index (χ2v) is 7.44. The molecule has 0 radical (unpaired) electrons. The molecule has 0 aliphatic heterocycles. The summed E-state index contributed by atoms with van der Waals surface area (Å²) in [6.07, 6.45) is 2.10. The predicted molar refractivity (Wildman–Crippen MR) is 96.6 cm³/mol. The van der Waals surface area contributed by atoms with Crippen LogP contribution in [0.2, 0.25) is 0 Å². The van der Waals surface area contributed by atoms with Gasteiger partial charge in [-0.3, -0.25) is 4.79 Å². The van der Waals surface area contributed by atoms with Crippen LogP contribution in [0.4, 0.5) is 0 Å². The first kappa shape index (κ1) is 17.8. The highest BCUT2D eigenvalue weighted by molar-refractivity contribution is 9.11. The standard InChI is InChI=1S/C17H20BrNO3S/c1-3-4-9-22-13-6-5-12(10-14(13)21-2)11-19-17(20)15-7-8-16(18)23-15/h5-8,10H,3-4,9,11H2,1-2H3,(H,19,20). The van der Waals surface area contributed by atoms with Crippen LogP contribution in [0.25, 0.3) is 0 Å². The molecule has 1 aromatic carbocycles. The van der Waals surface area contributed by atoms with Gasteiger partial charge in [0.15, 0.2) is 11.5 Å². The van der Waals surface area contributed by atoms with Crippen molar-refractivity contribution in [3.8, 4) is 11.5 Å². The number of hydrogen-bond donors (Lipinski definition) is 1. The summed E-state index contributed by atoms with van der Waals surface area (Å²) in [5.41, 5.74) is 0.966. The quantitative estimate of drug-likeness (QED) is 0.660. The van der Waals surface area contributed by atoms with E-state index in [1.165, 1.54) is 11.3 Å². The van der Waals surface area contributed by atoms with Gasteiger partial charge in [-0.2, -0.15) is 0 Å². The van der Waals surface area contributed by atoms with Crippen LogP contribution < -0.4 is 14.8 Å². The number of benzene rings is 1. The van der Waals surface area contributed by atoms with E-state index in [9.17, 15) is 4.79 Å². The van der Waals surface area contributed by atoms with Crippen LogP contribution in [-0.2, 0) is 6.54 Å². The number of unbranched alkanes of at least 4 members (excludes halogenated alkanes) is 1. The maximum atomic E-state index is 12.0. The number of thiophene rings is 1. The van der Waals surface area contributed by atoms with Gasteiger partial charge in [0.25, 0.3) is 5.91 Å². The van der Waals surface area contributed by atoms with Crippen LogP contribution in [0.15, 0.2) is 34.1 Å². The number of hydrogen-bond acceptors (Lipinski definition) is 4. The van der Waals surface area contributed by atoms with Crippen LogP contribution in [0.5, 0.6) is 11.5 Å². The lowest BCUT2D eigenvalue weighted by molar-refractivity contribution is 0.0955. The number of carbonyl (C=O) groups excluding carboxylic acids is 1. The molecule has 0 atom stereocenters. The molecule has 0 fully saturated rings. The number of methoxy groups -OCH3 is 1. The van der Waals surface area contributed by atoms with E-state index in [4.69, 9.17) is 9.47 Å². The highest BCUT2D eigenvalue weighted by Crippen LogP contribution is 2.28. The van der Waals surface area contributed by atoms with E-state index < -0.39 is 0 Å². The summed E-state index contributed by atoms with van der Waals surface area (Å²) in [4.78, 5) is 12.7. The fraction of sp³-hybridized carbons (Fsp3) is 0.353. The Labute approximate surface area is 148 Å². The normalized spacial score (nSPS) is 10.4. The van der Waals surface area contributed by atoms with Crippen molar-refractivity contribution in [2.24, 2.45) is 0 Å². The first-order valence-corrected chi connectivity index (χ1v) is 9.08. The van der Waals surface area contributed by atoms with Crippen LogP contribution in [-0.4, -0.2) is 19.6 Å². The van der Waals surface area contributed by atoms with Gasteiger partial charge in [0.1, 0.15) is 0 Å². The lowest BCUT2D eigenvalue weighted by Gasteiger charge is -2.12. The van der Waals surface area contributed by atoms with E-state index in [1.54, 1.807) is 13.2 Å². The van der Waals surface area contributed by atoms with Gasteiger partial charge in [0, 0.05) is 6.54 Å². The molecule has 1 heterocycles. The Morgan fingerprint density at radius 3 is 2.74 bits per heavy atom. The molecule has 0 bridgehead atoms. The third kappa shape index (κ3) is 5.25. The van der Waals surface area contributed by atoms with Gasteiger partial charge in [-0.05, 0) is 52.2 Å². The summed E-state index contributed by atoms with van der Waals surface area (Å²) in [5, 5.41) is 2.91. The average molecular weight is 398 g/mol. The maximum absolute atomic E-state index is 12.0. The smallest absolute Gasteiger partial charge is 0.261 e. The Morgan fingerprint density at radius 1 is 1.26 bits per heavy atom. The van der Waals surface area contributed by atoms with Crippen LogP contribution in [0.3, 0.4) is 0 Å². The molecule has 124 valence electrons. The monoisotopic (exact) mass is 397 g/mol. The molecule has 0 spiro atoms. The minimum atomic E-state index is -0.0806. The van der Waals surface area contributed by atoms with E-state index >= 15 is 0 Å². The Hall–Kier alpha value is -1.53. The van der Waals surface area contributed by atoms with Gasteiger partial charge in [0.2, 0.25) is 0 Å². The second-order valence-electron chi connectivity index (χ2n) is 4.97. The number of rotatable bonds is 8. The average Bonchev–Trinajstić information content (AvgIpc) is 3.00. The number of amides is 1. The van der Waals surface area contributed by atoms with Crippen molar-refractivity contribution in [2.45, 2.75) is 26.3 Å². The zero-order valence-electron chi connectivity index (χ0n) is 13.2. The number of halogens is 1. The molecule has 0 saturated carbocycles. The third-order valence-electron chi connectivity index (χ3n) is 3.23. The summed E-state index contributed by atoms with van der Waals surface area (Å²) in [7, 11) is 1.62. The highest BCUT2D eigenvalue weighted by atomic mass is 79.9. The molecule has 0 unspecified atom stereocenters. The minimum absolute atomic E-state index is 0.0806. The number of nitrogens with one attached hydrogen (secondary N) is 1. The molecular weight excluding hydrogens is 378 g/mol. The van der Waals surface area contributed by atoms with E-state index in [0.717, 1.165) is 27.9 Å². The topological polar surface area (TPSA) is 47.6 Å². The molecule has 1 N–H and O–H groups in total. The molecule has 0 aliphatic carbocycles. The molecule has 2 rings (SSSR count). The third-order valence-corrected chi connectivity index (χ3v) is 4.86. The SMILES string of the molecule is CCCCOc1ccc(CNC(=O)c2ccc(Br)s2)cc1OC. The highest BCUT2D eigenvalue weighted by Gasteiger charge is 2.10. The van der Waals surface area contributed by atoms with E-state index in [0.29, 0.717) is 23.8 Å². The van der Waals surface area contributed by atoms with Gasteiger partial charge in [-0.25, -0.2) is 0 Å². The molecule has 1 aromatic heterocycles. The molecule has 0 saturated heterocycles. The lowest BCUT2D eigenvalue weighted by Crippen LogP contribution is -2.21. The lowest BCUT2D eigenvalue weighted by atomic mass is 10.2. The van der Waals surface area contributed by atoms with Crippen LogP contribution in [0, 0.1) is 0 Å². The Kier molecular flexibility index (Phi) is 6.92. The Bertz CT molecular complexity index is 657. The fourth-order valence-electron chi connectivity index (χ4n) is 1.97. The van der Waals surface area contributed by atoms with Crippen molar-refractivity contribution in [3.05, 3.63) is 44.6 Å². The number of carbonyl (C=O) groups is 1. The van der Waals surface area contributed by atoms with Gasteiger partial charge >= 0.3 is 0 Å². The van der Waals surface area contributed by atoms with Crippen molar-refractivity contribution in [1.29, 1.82) is 0 Å². The van der Waals surface area contributed by atoms with Gasteiger partial charge in [0.05, 0.1) is 22.4 Å². The summed E-state index contributed by atoms with van der Waals surface area (Å²) >= 11 is 4.77. The molecule has 1 amide bonds. The van der Waals surface area contributed by atoms with E-state index in [1.807, 2.05) is 24.3 Å². The van der Waals surface area contributed by atoms with Crippen molar-refractivity contribution in [3.63, 3.8) is 0 Å². The van der Waals surface area contributed by atoms with Gasteiger partial charge in [-0.15, -0.1) is 11.3 Å². The summed E-state index contributed by atoms with van der Waals surface area (Å²) < 4.78 is 12.0. The Balaban J connectivity index is 1.96. The van der Waals surface area contributed by atoms with Crippen molar-refractivity contribution in [2.75, 3.05) is 13.7 Å². The molecule has 6 heteroatoms. The molecule has 0 aliphatic rings.